The Kier molecular flexibility index (Phi) is 4.15. The van der Waals surface area contributed by atoms with Crippen LogP contribution < -0.4 is 20.1 Å². The summed E-state index contributed by atoms with van der Waals surface area (Å²) in [6.45, 7) is 2.30. The largest absolute Gasteiger partial charge is 0.454 e. The molecule has 2 N–H and O–H groups in total. The van der Waals surface area contributed by atoms with Crippen LogP contribution in [0.5, 0.6) is 11.5 Å². The minimum absolute atomic E-state index is 0.256. The summed E-state index contributed by atoms with van der Waals surface area (Å²) in [4.78, 5) is 8.52. The van der Waals surface area contributed by atoms with Gasteiger partial charge in [0.15, 0.2) is 11.5 Å². The summed E-state index contributed by atoms with van der Waals surface area (Å²) in [5.74, 6) is 2.86. The van der Waals surface area contributed by atoms with Gasteiger partial charge in [0.25, 0.3) is 0 Å². The first kappa shape index (κ1) is 15.7. The van der Waals surface area contributed by atoms with Crippen LogP contribution >= 0.6 is 15.9 Å². The summed E-state index contributed by atoms with van der Waals surface area (Å²) >= 11 is 3.54. The van der Waals surface area contributed by atoms with E-state index in [0.717, 1.165) is 27.3 Å². The molecular weight excluding hydrogens is 384 g/mol. The van der Waals surface area contributed by atoms with E-state index in [-0.39, 0.29) is 6.79 Å². The maximum absolute atomic E-state index is 5.39. The number of rotatable bonds is 4. The fraction of sp³-hybridized carbons (Fsp3) is 0.111. The molecule has 1 aromatic heterocycles. The molecule has 0 unspecified atom stereocenters. The Hall–Kier alpha value is -2.80. The third-order valence-corrected chi connectivity index (χ3v) is 4.61. The van der Waals surface area contributed by atoms with E-state index in [2.05, 4.69) is 36.5 Å². The molecule has 6 nitrogen and oxygen atoms in total. The Labute approximate surface area is 153 Å². The van der Waals surface area contributed by atoms with E-state index in [4.69, 9.17) is 9.47 Å². The Morgan fingerprint density at radius 2 is 1.56 bits per heavy atom. The van der Waals surface area contributed by atoms with Gasteiger partial charge < -0.3 is 20.1 Å². The van der Waals surface area contributed by atoms with Gasteiger partial charge in [-0.05, 0) is 36.8 Å². The molecule has 0 fully saturated rings. The number of aromatic nitrogens is 2. The average Bonchev–Trinajstić information content (AvgIpc) is 3.06. The van der Waals surface area contributed by atoms with Crippen molar-refractivity contribution in [3.8, 4) is 11.5 Å². The average molecular weight is 399 g/mol. The molecule has 0 aliphatic carbocycles. The van der Waals surface area contributed by atoms with Gasteiger partial charge in [0, 0.05) is 28.0 Å². The van der Waals surface area contributed by atoms with Crippen LogP contribution in [-0.4, -0.2) is 16.8 Å². The fourth-order valence-corrected chi connectivity index (χ4v) is 2.81. The second kappa shape index (κ2) is 6.60. The molecule has 3 aromatic rings. The van der Waals surface area contributed by atoms with E-state index >= 15 is 0 Å². The van der Waals surface area contributed by atoms with E-state index in [0.29, 0.717) is 11.6 Å². The van der Waals surface area contributed by atoms with Gasteiger partial charge in [0.1, 0.15) is 18.0 Å². The van der Waals surface area contributed by atoms with Crippen LogP contribution in [0.1, 0.15) is 5.56 Å². The lowest BCUT2D eigenvalue weighted by atomic mass is 10.2. The predicted molar refractivity (Wildman–Crippen MR) is 100 cm³/mol. The second-order valence-electron chi connectivity index (χ2n) is 5.57. The molecule has 25 heavy (non-hydrogen) atoms. The Morgan fingerprint density at radius 1 is 0.880 bits per heavy atom. The molecule has 0 saturated carbocycles. The number of aryl methyl sites for hydroxylation is 1. The van der Waals surface area contributed by atoms with E-state index in [1.165, 1.54) is 11.9 Å². The Balaban J connectivity index is 1.52. The zero-order valence-electron chi connectivity index (χ0n) is 13.4. The van der Waals surface area contributed by atoms with Gasteiger partial charge in [0.2, 0.25) is 6.79 Å². The van der Waals surface area contributed by atoms with E-state index in [1.54, 1.807) is 0 Å². The standard InChI is InChI=1S/C18H15BrN4O2/c1-11-2-3-12(6-14(11)19)22-17-8-18(21-9-20-17)23-13-4-5-15-16(7-13)25-10-24-15/h2-9H,10H2,1H3,(H2,20,21,22,23). The molecule has 1 aliphatic heterocycles. The monoisotopic (exact) mass is 398 g/mol. The van der Waals surface area contributed by atoms with Gasteiger partial charge in [-0.25, -0.2) is 9.97 Å². The van der Waals surface area contributed by atoms with Crippen LogP contribution in [0.2, 0.25) is 0 Å². The maximum atomic E-state index is 5.39. The number of hydrogen-bond acceptors (Lipinski definition) is 6. The summed E-state index contributed by atoms with van der Waals surface area (Å²) < 4.78 is 11.8. The van der Waals surface area contributed by atoms with E-state index in [1.807, 2.05) is 49.4 Å². The van der Waals surface area contributed by atoms with Gasteiger partial charge in [-0.2, -0.15) is 0 Å². The van der Waals surface area contributed by atoms with Crippen molar-refractivity contribution in [1.29, 1.82) is 0 Å². The van der Waals surface area contributed by atoms with Gasteiger partial charge >= 0.3 is 0 Å². The lowest BCUT2D eigenvalue weighted by molar-refractivity contribution is 0.174. The second-order valence-corrected chi connectivity index (χ2v) is 6.42. The van der Waals surface area contributed by atoms with Crippen LogP contribution in [0.3, 0.4) is 0 Å². The quantitative estimate of drug-likeness (QED) is 0.659. The molecule has 0 saturated heterocycles. The number of nitrogens with one attached hydrogen (secondary N) is 2. The molecule has 0 bridgehead atoms. The van der Waals surface area contributed by atoms with Crippen molar-refractivity contribution in [3.63, 3.8) is 0 Å². The van der Waals surface area contributed by atoms with Gasteiger partial charge in [0.05, 0.1) is 0 Å². The lowest BCUT2D eigenvalue weighted by Gasteiger charge is -2.10. The van der Waals surface area contributed by atoms with Crippen LogP contribution in [0.25, 0.3) is 0 Å². The molecule has 2 aromatic carbocycles. The first-order chi connectivity index (χ1) is 12.2. The van der Waals surface area contributed by atoms with Crippen LogP contribution in [-0.2, 0) is 0 Å². The SMILES string of the molecule is Cc1ccc(Nc2cc(Nc3ccc4c(c3)OCO4)ncn2)cc1Br. The molecule has 2 heterocycles. The molecule has 4 rings (SSSR count). The molecule has 0 atom stereocenters. The van der Waals surface area contributed by atoms with Crippen molar-refractivity contribution in [2.75, 3.05) is 17.4 Å². The number of benzene rings is 2. The summed E-state index contributed by atoms with van der Waals surface area (Å²) in [6.07, 6.45) is 1.51. The number of halogens is 1. The number of ether oxygens (including phenoxy) is 2. The predicted octanol–water partition coefficient (Wildman–Crippen LogP) is 4.76. The Bertz CT molecular complexity index is 933. The number of fused-ring (bicyclic) bond motifs is 1. The van der Waals surface area contributed by atoms with Gasteiger partial charge in [-0.3, -0.25) is 0 Å². The topological polar surface area (TPSA) is 68.3 Å². The number of nitrogens with zero attached hydrogens (tertiary/aromatic N) is 2. The molecule has 0 radical (unpaired) electrons. The van der Waals surface area contributed by atoms with E-state index < -0.39 is 0 Å². The zero-order valence-corrected chi connectivity index (χ0v) is 15.0. The van der Waals surface area contributed by atoms with Crippen LogP contribution in [0.15, 0.2) is 53.3 Å². The minimum atomic E-state index is 0.256. The summed E-state index contributed by atoms with van der Waals surface area (Å²) in [6, 6.07) is 13.6. The van der Waals surface area contributed by atoms with Crippen molar-refractivity contribution >= 4 is 38.9 Å². The molecular formula is C18H15BrN4O2. The number of anilines is 4. The van der Waals surface area contributed by atoms with Crippen molar-refractivity contribution in [3.05, 3.63) is 58.8 Å². The van der Waals surface area contributed by atoms with Gasteiger partial charge in [-0.1, -0.05) is 22.0 Å². The lowest BCUT2D eigenvalue weighted by Crippen LogP contribution is -1.98. The highest BCUT2D eigenvalue weighted by Gasteiger charge is 2.13. The third-order valence-electron chi connectivity index (χ3n) is 3.76. The van der Waals surface area contributed by atoms with Crippen molar-refractivity contribution in [1.82, 2.24) is 9.97 Å². The van der Waals surface area contributed by atoms with Crippen molar-refractivity contribution in [2.45, 2.75) is 6.92 Å². The minimum Gasteiger partial charge on any atom is -0.454 e. The Morgan fingerprint density at radius 3 is 2.32 bits per heavy atom. The summed E-state index contributed by atoms with van der Waals surface area (Å²) in [5, 5.41) is 6.52. The van der Waals surface area contributed by atoms with Gasteiger partial charge in [-0.15, -0.1) is 0 Å². The highest BCUT2D eigenvalue weighted by molar-refractivity contribution is 9.10. The first-order valence-electron chi connectivity index (χ1n) is 7.69. The number of hydrogen-bond donors (Lipinski definition) is 2. The van der Waals surface area contributed by atoms with Crippen LogP contribution in [0, 0.1) is 6.92 Å². The molecule has 126 valence electrons. The highest BCUT2D eigenvalue weighted by Crippen LogP contribution is 2.35. The van der Waals surface area contributed by atoms with Crippen molar-refractivity contribution < 1.29 is 9.47 Å². The smallest absolute Gasteiger partial charge is 0.231 e. The molecule has 7 heteroatoms. The molecule has 0 spiro atoms. The van der Waals surface area contributed by atoms with Crippen LogP contribution in [0.4, 0.5) is 23.0 Å². The fourth-order valence-electron chi connectivity index (χ4n) is 2.43. The first-order valence-corrected chi connectivity index (χ1v) is 8.48. The normalized spacial score (nSPS) is 12.1. The zero-order chi connectivity index (χ0) is 17.2. The third kappa shape index (κ3) is 3.51. The maximum Gasteiger partial charge on any atom is 0.231 e. The highest BCUT2D eigenvalue weighted by atomic mass is 79.9. The summed E-state index contributed by atoms with van der Waals surface area (Å²) in [5.41, 5.74) is 3.00. The molecule has 0 amide bonds. The summed E-state index contributed by atoms with van der Waals surface area (Å²) in [7, 11) is 0. The molecule has 1 aliphatic rings. The van der Waals surface area contributed by atoms with E-state index in [9.17, 15) is 0 Å². The van der Waals surface area contributed by atoms with Crippen molar-refractivity contribution in [2.24, 2.45) is 0 Å².